The topological polar surface area (TPSA) is 105 Å². The molecule has 144 valence electrons. The molecule has 0 fully saturated rings. The summed E-state index contributed by atoms with van der Waals surface area (Å²) in [6.07, 6.45) is 2.88. The molecule has 0 aromatic carbocycles. The molecule has 0 unspecified atom stereocenters. The Balaban J connectivity index is 2.35. The summed E-state index contributed by atoms with van der Waals surface area (Å²) in [5.41, 5.74) is 0.871. The zero-order chi connectivity index (χ0) is 19.7. The van der Waals surface area contributed by atoms with Gasteiger partial charge in [-0.3, -0.25) is 14.4 Å². The maximum absolute atomic E-state index is 11.9. The average Bonchev–Trinajstić information content (AvgIpc) is 2.50. The first-order chi connectivity index (χ1) is 12.1. The van der Waals surface area contributed by atoms with Gasteiger partial charge in [-0.1, -0.05) is 5.57 Å². The van der Waals surface area contributed by atoms with Crippen molar-refractivity contribution in [3.05, 3.63) is 23.5 Å². The maximum atomic E-state index is 11.9. The predicted molar refractivity (Wildman–Crippen MR) is 89.5 cm³/mol. The SMILES string of the molecule is COC(=O)CC/C(C)=C/COC(=O)CC(=O)CC1=CC(=O)OC(C)(C)O1. The van der Waals surface area contributed by atoms with E-state index in [1.54, 1.807) is 26.8 Å². The summed E-state index contributed by atoms with van der Waals surface area (Å²) in [4.78, 5) is 46.0. The van der Waals surface area contributed by atoms with Gasteiger partial charge in [0.05, 0.1) is 19.6 Å². The molecule has 0 N–H and O–H groups in total. The summed E-state index contributed by atoms with van der Waals surface area (Å²) in [6.45, 7) is 4.91. The number of esters is 3. The zero-order valence-corrected chi connectivity index (χ0v) is 15.5. The van der Waals surface area contributed by atoms with Gasteiger partial charge in [-0.2, -0.15) is 0 Å². The molecule has 1 aliphatic rings. The number of Topliss-reactive ketones (excluding diaryl/α,β-unsaturated/α-hetero) is 1. The molecule has 8 nitrogen and oxygen atoms in total. The van der Waals surface area contributed by atoms with Crippen LogP contribution in [-0.4, -0.2) is 43.2 Å². The first-order valence-electron chi connectivity index (χ1n) is 8.13. The van der Waals surface area contributed by atoms with Crippen molar-refractivity contribution < 1.29 is 38.1 Å². The normalized spacial score (nSPS) is 16.1. The lowest BCUT2D eigenvalue weighted by atomic mass is 10.1. The van der Waals surface area contributed by atoms with E-state index < -0.39 is 29.9 Å². The Hall–Kier alpha value is -2.64. The number of rotatable bonds is 9. The van der Waals surface area contributed by atoms with Gasteiger partial charge in [0.15, 0.2) is 5.78 Å². The number of methoxy groups -OCH3 is 1. The van der Waals surface area contributed by atoms with Gasteiger partial charge in [-0.05, 0) is 19.4 Å². The van der Waals surface area contributed by atoms with E-state index in [1.807, 2.05) is 0 Å². The lowest BCUT2D eigenvalue weighted by molar-refractivity contribution is -0.205. The molecular formula is C18H24O8. The van der Waals surface area contributed by atoms with Crippen molar-refractivity contribution >= 4 is 23.7 Å². The van der Waals surface area contributed by atoms with Crippen LogP contribution in [-0.2, 0) is 38.1 Å². The van der Waals surface area contributed by atoms with Crippen molar-refractivity contribution in [1.29, 1.82) is 0 Å². The van der Waals surface area contributed by atoms with Crippen LogP contribution in [0.2, 0.25) is 0 Å². The molecule has 0 atom stereocenters. The van der Waals surface area contributed by atoms with E-state index in [4.69, 9.17) is 14.2 Å². The minimum atomic E-state index is -1.14. The molecule has 0 aliphatic carbocycles. The molecule has 0 aromatic rings. The third-order valence-electron chi connectivity index (χ3n) is 3.34. The van der Waals surface area contributed by atoms with Gasteiger partial charge in [-0.15, -0.1) is 0 Å². The molecule has 1 aliphatic heterocycles. The standard InChI is InChI=1S/C18H24O8/c1-12(5-6-15(20)23-4)7-8-24-16(21)10-13(19)9-14-11-17(22)26-18(2,3)25-14/h7,11H,5-6,8-10H2,1-4H3/b12-7+. The van der Waals surface area contributed by atoms with Crippen LogP contribution in [0.1, 0.15) is 46.5 Å². The number of allylic oxidation sites excluding steroid dienone is 2. The van der Waals surface area contributed by atoms with E-state index in [-0.39, 0.29) is 31.2 Å². The summed E-state index contributed by atoms with van der Waals surface area (Å²) < 4.78 is 19.8. The van der Waals surface area contributed by atoms with Crippen LogP contribution >= 0.6 is 0 Å². The number of ether oxygens (including phenoxy) is 4. The van der Waals surface area contributed by atoms with Crippen LogP contribution < -0.4 is 0 Å². The molecule has 1 heterocycles. The molecular weight excluding hydrogens is 344 g/mol. The van der Waals surface area contributed by atoms with Gasteiger partial charge in [0.2, 0.25) is 5.79 Å². The number of hydrogen-bond acceptors (Lipinski definition) is 8. The second-order valence-corrected chi connectivity index (χ2v) is 6.24. The van der Waals surface area contributed by atoms with Crippen LogP contribution in [0.25, 0.3) is 0 Å². The fourth-order valence-corrected chi connectivity index (χ4v) is 2.11. The number of ketones is 1. The summed E-state index contributed by atoms with van der Waals surface area (Å²) in [6, 6.07) is 0. The Morgan fingerprint density at radius 3 is 2.46 bits per heavy atom. The number of hydrogen-bond donors (Lipinski definition) is 0. The van der Waals surface area contributed by atoms with E-state index in [0.717, 1.165) is 11.6 Å². The smallest absolute Gasteiger partial charge is 0.337 e. The Morgan fingerprint density at radius 2 is 1.85 bits per heavy atom. The Morgan fingerprint density at radius 1 is 1.15 bits per heavy atom. The molecule has 0 saturated carbocycles. The second kappa shape index (κ2) is 9.74. The van der Waals surface area contributed by atoms with Gasteiger partial charge < -0.3 is 18.9 Å². The van der Waals surface area contributed by atoms with Crippen molar-refractivity contribution in [3.63, 3.8) is 0 Å². The minimum absolute atomic E-state index is 0.0116. The fourth-order valence-electron chi connectivity index (χ4n) is 2.11. The maximum Gasteiger partial charge on any atom is 0.337 e. The quantitative estimate of drug-likeness (QED) is 0.263. The summed E-state index contributed by atoms with van der Waals surface area (Å²) >= 11 is 0. The molecule has 0 aromatic heterocycles. The number of cyclic esters (lactones) is 1. The summed E-state index contributed by atoms with van der Waals surface area (Å²) in [5.74, 6) is -3.01. The van der Waals surface area contributed by atoms with Crippen molar-refractivity contribution in [2.24, 2.45) is 0 Å². The average molecular weight is 368 g/mol. The predicted octanol–water partition coefficient (Wildman–Crippen LogP) is 1.97. The zero-order valence-electron chi connectivity index (χ0n) is 15.5. The molecule has 0 bridgehead atoms. The first kappa shape index (κ1) is 21.4. The van der Waals surface area contributed by atoms with E-state index in [2.05, 4.69) is 4.74 Å². The first-order valence-corrected chi connectivity index (χ1v) is 8.13. The monoisotopic (exact) mass is 368 g/mol. The van der Waals surface area contributed by atoms with Crippen molar-refractivity contribution in [2.75, 3.05) is 13.7 Å². The highest BCUT2D eigenvalue weighted by atomic mass is 16.7. The molecule has 0 saturated heterocycles. The van der Waals surface area contributed by atoms with Crippen LogP contribution in [0.4, 0.5) is 0 Å². The van der Waals surface area contributed by atoms with Gasteiger partial charge in [-0.25, -0.2) is 4.79 Å². The second-order valence-electron chi connectivity index (χ2n) is 6.24. The van der Waals surface area contributed by atoms with Gasteiger partial charge in [0, 0.05) is 20.3 Å². The van der Waals surface area contributed by atoms with Crippen LogP contribution in [0.3, 0.4) is 0 Å². The van der Waals surface area contributed by atoms with Gasteiger partial charge in [0.25, 0.3) is 0 Å². The van der Waals surface area contributed by atoms with Crippen LogP contribution in [0.5, 0.6) is 0 Å². The highest BCUT2D eigenvalue weighted by molar-refractivity contribution is 5.97. The van der Waals surface area contributed by atoms with E-state index >= 15 is 0 Å². The van der Waals surface area contributed by atoms with E-state index in [0.29, 0.717) is 6.42 Å². The fraction of sp³-hybridized carbons (Fsp3) is 0.556. The molecule has 26 heavy (non-hydrogen) atoms. The number of carbonyl (C=O) groups excluding carboxylic acids is 4. The van der Waals surface area contributed by atoms with Crippen molar-refractivity contribution in [3.8, 4) is 0 Å². The molecule has 0 amide bonds. The van der Waals surface area contributed by atoms with Crippen molar-refractivity contribution in [2.45, 2.75) is 52.2 Å². The van der Waals surface area contributed by atoms with Crippen LogP contribution in [0, 0.1) is 0 Å². The third-order valence-corrected chi connectivity index (χ3v) is 3.34. The summed E-state index contributed by atoms with van der Waals surface area (Å²) in [5, 5.41) is 0. The minimum Gasteiger partial charge on any atom is -0.469 e. The molecule has 0 radical (unpaired) electrons. The third kappa shape index (κ3) is 8.46. The van der Waals surface area contributed by atoms with Crippen molar-refractivity contribution in [1.82, 2.24) is 0 Å². The molecule has 1 rings (SSSR count). The van der Waals surface area contributed by atoms with E-state index in [1.165, 1.54) is 7.11 Å². The van der Waals surface area contributed by atoms with Gasteiger partial charge in [0.1, 0.15) is 18.8 Å². The highest BCUT2D eigenvalue weighted by Crippen LogP contribution is 2.24. The Bertz CT molecular complexity index is 627. The molecule has 0 spiro atoms. The van der Waals surface area contributed by atoms with Gasteiger partial charge >= 0.3 is 17.9 Å². The molecule has 8 heteroatoms. The summed E-state index contributed by atoms with van der Waals surface area (Å²) in [7, 11) is 1.32. The highest BCUT2D eigenvalue weighted by Gasteiger charge is 2.31. The largest absolute Gasteiger partial charge is 0.469 e. The Kier molecular flexibility index (Phi) is 8.02. The number of carbonyl (C=O) groups is 4. The lowest BCUT2D eigenvalue weighted by Crippen LogP contribution is -2.34. The lowest BCUT2D eigenvalue weighted by Gasteiger charge is -2.30. The Labute approximate surface area is 152 Å². The van der Waals surface area contributed by atoms with E-state index in [9.17, 15) is 19.2 Å². The van der Waals surface area contributed by atoms with Crippen LogP contribution in [0.15, 0.2) is 23.5 Å².